The van der Waals surface area contributed by atoms with Gasteiger partial charge in [-0.1, -0.05) is 35.3 Å². The number of ether oxygens (including phenoxy) is 1. The van der Waals surface area contributed by atoms with Gasteiger partial charge in [0.15, 0.2) is 0 Å². The van der Waals surface area contributed by atoms with Gasteiger partial charge in [0.2, 0.25) is 0 Å². The second-order valence-corrected chi connectivity index (χ2v) is 7.29. The third-order valence-corrected chi connectivity index (χ3v) is 4.31. The smallest absolute Gasteiger partial charge is 0.410 e. The lowest BCUT2D eigenvalue weighted by molar-refractivity contribution is 0.0291. The molecule has 1 fully saturated rings. The molecule has 6 heteroatoms. The molecule has 0 aromatic heterocycles. The van der Waals surface area contributed by atoms with E-state index in [1.165, 1.54) is 0 Å². The highest BCUT2D eigenvalue weighted by Crippen LogP contribution is 2.25. The zero-order valence-electron chi connectivity index (χ0n) is 13.2. The van der Waals surface area contributed by atoms with Crippen LogP contribution in [0, 0.1) is 0 Å². The molecule has 2 rings (SSSR count). The van der Waals surface area contributed by atoms with Gasteiger partial charge in [0.05, 0.1) is 10.0 Å². The predicted molar refractivity (Wildman–Crippen MR) is 89.5 cm³/mol. The minimum absolute atomic E-state index is 0.238. The first-order valence-electron chi connectivity index (χ1n) is 7.40. The number of likely N-dealkylation sites (tertiary alicyclic amines) is 1. The fraction of sp³-hybridized carbons (Fsp3) is 0.562. The Kier molecular flexibility index (Phi) is 5.59. The van der Waals surface area contributed by atoms with Crippen molar-refractivity contribution >= 4 is 29.3 Å². The highest BCUT2D eigenvalue weighted by atomic mass is 35.5. The van der Waals surface area contributed by atoms with Crippen LogP contribution in [0.5, 0.6) is 0 Å². The lowest BCUT2D eigenvalue weighted by Crippen LogP contribution is -2.38. The predicted octanol–water partition coefficient (Wildman–Crippen LogP) is 4.09. The zero-order valence-corrected chi connectivity index (χ0v) is 14.7. The Morgan fingerprint density at radius 3 is 2.82 bits per heavy atom. The summed E-state index contributed by atoms with van der Waals surface area (Å²) in [7, 11) is 0. The van der Waals surface area contributed by atoms with Crippen molar-refractivity contribution in [3.05, 3.63) is 33.8 Å². The van der Waals surface area contributed by atoms with Gasteiger partial charge in [0, 0.05) is 25.7 Å². The van der Waals surface area contributed by atoms with Crippen molar-refractivity contribution in [3.8, 4) is 0 Å². The number of rotatable bonds is 3. The molecule has 1 N–H and O–H groups in total. The number of nitrogens with zero attached hydrogens (tertiary/aromatic N) is 1. The van der Waals surface area contributed by atoms with Crippen LogP contribution in [0.1, 0.15) is 32.8 Å². The van der Waals surface area contributed by atoms with Crippen molar-refractivity contribution in [3.63, 3.8) is 0 Å². The number of nitrogens with one attached hydrogen (secondary N) is 1. The van der Waals surface area contributed by atoms with Gasteiger partial charge >= 0.3 is 6.09 Å². The molecule has 1 aromatic carbocycles. The quantitative estimate of drug-likeness (QED) is 0.897. The van der Waals surface area contributed by atoms with Gasteiger partial charge in [-0.25, -0.2) is 4.79 Å². The van der Waals surface area contributed by atoms with Gasteiger partial charge in [0.1, 0.15) is 5.60 Å². The van der Waals surface area contributed by atoms with E-state index in [2.05, 4.69) is 5.32 Å². The van der Waals surface area contributed by atoms with E-state index in [1.807, 2.05) is 32.9 Å². The van der Waals surface area contributed by atoms with E-state index in [-0.39, 0.29) is 12.1 Å². The summed E-state index contributed by atoms with van der Waals surface area (Å²) < 4.78 is 5.39. The number of hydrogen-bond donors (Lipinski definition) is 1. The Labute approximate surface area is 141 Å². The highest BCUT2D eigenvalue weighted by Gasteiger charge is 2.29. The average Bonchev–Trinajstić information content (AvgIpc) is 2.87. The molecule has 0 aliphatic carbocycles. The van der Waals surface area contributed by atoms with Crippen LogP contribution in [0.25, 0.3) is 0 Å². The van der Waals surface area contributed by atoms with Crippen molar-refractivity contribution in [2.75, 3.05) is 13.1 Å². The molecule has 1 aliphatic heterocycles. The van der Waals surface area contributed by atoms with Crippen molar-refractivity contribution < 1.29 is 9.53 Å². The fourth-order valence-corrected chi connectivity index (χ4v) is 2.75. The molecule has 1 heterocycles. The molecule has 0 saturated carbocycles. The first-order chi connectivity index (χ1) is 10.3. The van der Waals surface area contributed by atoms with E-state index in [0.29, 0.717) is 29.7 Å². The molecular formula is C16H22Cl2N2O2. The van der Waals surface area contributed by atoms with E-state index in [1.54, 1.807) is 11.0 Å². The number of carbonyl (C=O) groups excluding carboxylic acids is 1. The maximum Gasteiger partial charge on any atom is 0.410 e. The summed E-state index contributed by atoms with van der Waals surface area (Å²) in [5.41, 5.74) is 0.501. The first-order valence-corrected chi connectivity index (χ1v) is 8.16. The van der Waals surface area contributed by atoms with Crippen molar-refractivity contribution in [1.29, 1.82) is 0 Å². The van der Waals surface area contributed by atoms with Gasteiger partial charge in [-0.2, -0.15) is 0 Å². The van der Waals surface area contributed by atoms with Crippen LogP contribution in [-0.4, -0.2) is 35.7 Å². The lowest BCUT2D eigenvalue weighted by Gasteiger charge is -2.24. The minimum Gasteiger partial charge on any atom is -0.444 e. The third kappa shape index (κ3) is 4.77. The molecule has 1 aliphatic rings. The van der Waals surface area contributed by atoms with Gasteiger partial charge in [-0.15, -0.1) is 0 Å². The molecule has 0 unspecified atom stereocenters. The summed E-state index contributed by atoms with van der Waals surface area (Å²) in [4.78, 5) is 13.8. The third-order valence-electron chi connectivity index (χ3n) is 3.45. The molecule has 0 spiro atoms. The second-order valence-electron chi connectivity index (χ2n) is 6.51. The molecule has 1 amide bonds. The highest BCUT2D eigenvalue weighted by molar-refractivity contribution is 6.42. The van der Waals surface area contributed by atoms with Crippen LogP contribution in [0.2, 0.25) is 10.0 Å². The van der Waals surface area contributed by atoms with Gasteiger partial charge < -0.3 is 15.0 Å². The SMILES string of the molecule is CC(C)(C)OC(=O)N1CC[C@H](NCc2cccc(Cl)c2Cl)C1. The topological polar surface area (TPSA) is 41.6 Å². The van der Waals surface area contributed by atoms with E-state index in [4.69, 9.17) is 27.9 Å². The summed E-state index contributed by atoms with van der Waals surface area (Å²) in [5, 5.41) is 4.56. The number of carbonyl (C=O) groups is 1. The Hall–Kier alpha value is -0.970. The van der Waals surface area contributed by atoms with E-state index in [9.17, 15) is 4.79 Å². The molecule has 0 bridgehead atoms. The number of hydrogen-bond acceptors (Lipinski definition) is 3. The Bertz CT molecular complexity index is 543. The summed E-state index contributed by atoms with van der Waals surface area (Å²) in [6.45, 7) is 7.60. The largest absolute Gasteiger partial charge is 0.444 e. The number of benzene rings is 1. The zero-order chi connectivity index (χ0) is 16.3. The summed E-state index contributed by atoms with van der Waals surface area (Å²) >= 11 is 12.2. The van der Waals surface area contributed by atoms with Crippen LogP contribution < -0.4 is 5.32 Å². The van der Waals surface area contributed by atoms with E-state index >= 15 is 0 Å². The normalized spacial score (nSPS) is 18.6. The van der Waals surface area contributed by atoms with Gasteiger partial charge in [-0.3, -0.25) is 0 Å². The summed E-state index contributed by atoms with van der Waals surface area (Å²) in [5.74, 6) is 0. The Morgan fingerprint density at radius 2 is 2.14 bits per heavy atom. The van der Waals surface area contributed by atoms with Crippen LogP contribution in [0.15, 0.2) is 18.2 Å². The molecule has 1 saturated heterocycles. The maximum atomic E-state index is 12.0. The van der Waals surface area contributed by atoms with E-state index in [0.717, 1.165) is 12.0 Å². The average molecular weight is 345 g/mol. The summed E-state index contributed by atoms with van der Waals surface area (Å²) in [6, 6.07) is 5.84. The van der Waals surface area contributed by atoms with E-state index < -0.39 is 5.60 Å². The van der Waals surface area contributed by atoms with Crippen LogP contribution >= 0.6 is 23.2 Å². The fourth-order valence-electron chi connectivity index (χ4n) is 2.36. The molecule has 0 radical (unpaired) electrons. The lowest BCUT2D eigenvalue weighted by atomic mass is 10.2. The molecule has 122 valence electrons. The van der Waals surface area contributed by atoms with Crippen LogP contribution in [-0.2, 0) is 11.3 Å². The summed E-state index contributed by atoms with van der Waals surface area (Å²) in [6.07, 6.45) is 0.648. The maximum absolute atomic E-state index is 12.0. The van der Waals surface area contributed by atoms with Crippen molar-refractivity contribution in [1.82, 2.24) is 10.2 Å². The van der Waals surface area contributed by atoms with Gasteiger partial charge in [-0.05, 0) is 38.8 Å². The molecule has 1 atom stereocenters. The first kappa shape index (κ1) is 17.4. The Balaban J connectivity index is 1.84. The standard InChI is InChI=1S/C16H22Cl2N2O2/c1-16(2,3)22-15(21)20-8-7-12(10-20)19-9-11-5-4-6-13(17)14(11)18/h4-6,12,19H,7-10H2,1-3H3/t12-/m0/s1. The molecule has 4 nitrogen and oxygen atoms in total. The second kappa shape index (κ2) is 7.07. The molecular weight excluding hydrogens is 323 g/mol. The molecule has 1 aromatic rings. The van der Waals surface area contributed by atoms with Crippen molar-refractivity contribution in [2.45, 2.75) is 45.4 Å². The monoisotopic (exact) mass is 344 g/mol. The minimum atomic E-state index is -0.461. The van der Waals surface area contributed by atoms with Crippen molar-refractivity contribution in [2.24, 2.45) is 0 Å². The van der Waals surface area contributed by atoms with Gasteiger partial charge in [0.25, 0.3) is 0 Å². The molecule has 22 heavy (non-hydrogen) atoms. The Morgan fingerprint density at radius 1 is 1.41 bits per heavy atom. The number of amides is 1. The van der Waals surface area contributed by atoms with Crippen LogP contribution in [0.3, 0.4) is 0 Å². The number of halogens is 2. The van der Waals surface area contributed by atoms with Crippen LogP contribution in [0.4, 0.5) is 4.79 Å².